The van der Waals surface area contributed by atoms with Crippen LogP contribution in [0.2, 0.25) is 0 Å². The van der Waals surface area contributed by atoms with Gasteiger partial charge in [0.15, 0.2) is 5.78 Å². The van der Waals surface area contributed by atoms with Crippen LogP contribution in [-0.4, -0.2) is 25.5 Å². The predicted octanol–water partition coefficient (Wildman–Crippen LogP) is 6.29. The molecule has 1 aliphatic carbocycles. The van der Waals surface area contributed by atoms with Gasteiger partial charge < -0.3 is 5.32 Å². The first-order valence-corrected chi connectivity index (χ1v) is 13.1. The third kappa shape index (κ3) is 4.29. The number of aromatic nitrogens is 3. The lowest BCUT2D eigenvalue weighted by Gasteiger charge is -2.38. The van der Waals surface area contributed by atoms with E-state index in [0.29, 0.717) is 23.3 Å². The standard InChI is InChI=1S/C28H25N5O3S/c1-28(2)14-22-24(23(34)15-28)25(21-12-6-9-18-8-3-4-11-20(18)21)32-26(29-22)30-27(31-32)37-16-17-7-5-10-19(13-17)33(35)36/h3-13,25H,14-16H2,1-2H3,(H,29,30,31). The van der Waals surface area contributed by atoms with Crippen LogP contribution in [0.3, 0.4) is 0 Å². The van der Waals surface area contributed by atoms with Gasteiger partial charge in [-0.25, -0.2) is 4.68 Å². The largest absolute Gasteiger partial charge is 0.328 e. The molecule has 0 fully saturated rings. The van der Waals surface area contributed by atoms with Crippen molar-refractivity contribution in [2.45, 2.75) is 43.6 Å². The number of rotatable bonds is 5. The average Bonchev–Trinajstić information content (AvgIpc) is 3.28. The number of thioether (sulfide) groups is 1. The molecule has 0 radical (unpaired) electrons. The third-order valence-electron chi connectivity index (χ3n) is 6.92. The van der Waals surface area contributed by atoms with Crippen LogP contribution in [0.15, 0.2) is 83.2 Å². The molecule has 9 heteroatoms. The summed E-state index contributed by atoms with van der Waals surface area (Å²) in [5.74, 6) is 1.22. The quantitative estimate of drug-likeness (QED) is 0.191. The van der Waals surface area contributed by atoms with Crippen molar-refractivity contribution in [3.05, 3.63) is 99.2 Å². The van der Waals surface area contributed by atoms with Gasteiger partial charge in [0.25, 0.3) is 5.69 Å². The van der Waals surface area contributed by atoms with Crippen LogP contribution in [0.4, 0.5) is 11.6 Å². The van der Waals surface area contributed by atoms with Crippen molar-refractivity contribution in [2.75, 3.05) is 5.32 Å². The summed E-state index contributed by atoms with van der Waals surface area (Å²) >= 11 is 1.41. The van der Waals surface area contributed by atoms with E-state index in [4.69, 9.17) is 10.1 Å². The SMILES string of the molecule is CC1(C)CC(=O)C2=C(C1)Nc1nc(SCc3cccc([N+](=O)[O-])c3)nn1C2c1cccc2ccccc12. The minimum absolute atomic E-state index is 0.0610. The zero-order valence-electron chi connectivity index (χ0n) is 20.5. The zero-order valence-corrected chi connectivity index (χ0v) is 21.3. The number of non-ortho nitro benzene ring substituents is 1. The van der Waals surface area contributed by atoms with E-state index < -0.39 is 4.92 Å². The van der Waals surface area contributed by atoms with Crippen LogP contribution in [0, 0.1) is 15.5 Å². The Morgan fingerprint density at radius 3 is 2.73 bits per heavy atom. The number of ketones is 1. The number of anilines is 1. The van der Waals surface area contributed by atoms with E-state index in [1.807, 2.05) is 28.9 Å². The molecule has 3 aromatic carbocycles. The molecule has 0 spiro atoms. The fourth-order valence-electron chi connectivity index (χ4n) is 5.33. The smallest absolute Gasteiger partial charge is 0.269 e. The van der Waals surface area contributed by atoms with Crippen molar-refractivity contribution < 1.29 is 9.72 Å². The highest BCUT2D eigenvalue weighted by molar-refractivity contribution is 7.98. The molecule has 1 aromatic heterocycles. The van der Waals surface area contributed by atoms with Gasteiger partial charge in [0.05, 0.1) is 4.92 Å². The molecule has 1 unspecified atom stereocenters. The fourth-order valence-corrected chi connectivity index (χ4v) is 6.11. The van der Waals surface area contributed by atoms with E-state index >= 15 is 0 Å². The molecule has 1 N–H and O–H groups in total. The molecule has 1 aliphatic heterocycles. The molecule has 0 saturated carbocycles. The van der Waals surface area contributed by atoms with E-state index in [9.17, 15) is 14.9 Å². The lowest BCUT2D eigenvalue weighted by Crippen LogP contribution is -2.36. The molecule has 8 nitrogen and oxygen atoms in total. The van der Waals surface area contributed by atoms with Gasteiger partial charge in [0, 0.05) is 35.6 Å². The summed E-state index contributed by atoms with van der Waals surface area (Å²) < 4.78 is 1.83. The minimum atomic E-state index is -0.394. The van der Waals surface area contributed by atoms with Gasteiger partial charge >= 0.3 is 0 Å². The Morgan fingerprint density at radius 1 is 1.11 bits per heavy atom. The first-order valence-electron chi connectivity index (χ1n) is 12.1. The first kappa shape index (κ1) is 23.4. The van der Waals surface area contributed by atoms with Gasteiger partial charge in [-0.2, -0.15) is 4.98 Å². The molecule has 4 aromatic rings. The Labute approximate surface area is 217 Å². The summed E-state index contributed by atoms with van der Waals surface area (Å²) in [7, 11) is 0. The van der Waals surface area contributed by atoms with E-state index in [1.165, 1.54) is 17.8 Å². The molecule has 2 heterocycles. The summed E-state index contributed by atoms with van der Waals surface area (Å²) in [6, 6.07) is 20.5. The maximum absolute atomic E-state index is 13.6. The maximum atomic E-state index is 13.6. The van der Waals surface area contributed by atoms with Gasteiger partial charge in [0.2, 0.25) is 11.1 Å². The van der Waals surface area contributed by atoms with E-state index in [2.05, 4.69) is 43.4 Å². The van der Waals surface area contributed by atoms with Gasteiger partial charge in [-0.1, -0.05) is 80.2 Å². The number of nitro benzene ring substituents is 1. The number of carbonyl (C=O) groups excluding carboxylic acids is 1. The number of hydrogen-bond acceptors (Lipinski definition) is 7. The molecule has 2 aliphatic rings. The lowest BCUT2D eigenvalue weighted by molar-refractivity contribution is -0.384. The number of Topliss-reactive ketones (excluding diaryl/α,β-unsaturated/α-hetero) is 1. The second kappa shape index (κ2) is 8.85. The molecule has 0 bridgehead atoms. The van der Waals surface area contributed by atoms with Crippen molar-refractivity contribution in [2.24, 2.45) is 5.41 Å². The van der Waals surface area contributed by atoms with E-state index in [-0.39, 0.29) is 22.9 Å². The number of nitrogens with zero attached hydrogens (tertiary/aromatic N) is 4. The molecule has 0 amide bonds. The van der Waals surface area contributed by atoms with Crippen molar-refractivity contribution in [1.29, 1.82) is 0 Å². The zero-order chi connectivity index (χ0) is 25.7. The average molecular weight is 512 g/mol. The number of benzene rings is 3. The van der Waals surface area contributed by atoms with Gasteiger partial charge in [0.1, 0.15) is 6.04 Å². The van der Waals surface area contributed by atoms with Crippen molar-refractivity contribution in [3.63, 3.8) is 0 Å². The third-order valence-corrected chi connectivity index (χ3v) is 7.83. The number of fused-ring (bicyclic) bond motifs is 2. The molecule has 0 saturated heterocycles. The van der Waals surface area contributed by atoms with Crippen LogP contribution in [0.25, 0.3) is 10.8 Å². The predicted molar refractivity (Wildman–Crippen MR) is 143 cm³/mol. The van der Waals surface area contributed by atoms with Crippen molar-refractivity contribution in [1.82, 2.24) is 14.8 Å². The normalized spacial score (nSPS) is 18.3. The number of nitrogens with one attached hydrogen (secondary N) is 1. The Balaban J connectivity index is 1.42. The van der Waals surface area contributed by atoms with Gasteiger partial charge in [-0.05, 0) is 33.7 Å². The Morgan fingerprint density at radius 2 is 1.89 bits per heavy atom. The Hall–Kier alpha value is -3.98. The number of nitro groups is 1. The van der Waals surface area contributed by atoms with Crippen LogP contribution >= 0.6 is 11.8 Å². The number of carbonyl (C=O) groups is 1. The molecule has 37 heavy (non-hydrogen) atoms. The van der Waals surface area contributed by atoms with Crippen LogP contribution < -0.4 is 5.32 Å². The van der Waals surface area contributed by atoms with Gasteiger partial charge in [-0.3, -0.25) is 14.9 Å². The molecule has 1 atom stereocenters. The highest BCUT2D eigenvalue weighted by atomic mass is 32.2. The molecular weight excluding hydrogens is 486 g/mol. The minimum Gasteiger partial charge on any atom is -0.328 e. The molecule has 6 rings (SSSR count). The van der Waals surface area contributed by atoms with Crippen LogP contribution in [0.1, 0.15) is 43.9 Å². The number of allylic oxidation sites excluding steroid dienone is 2. The summed E-state index contributed by atoms with van der Waals surface area (Å²) in [5, 5.41) is 22.1. The van der Waals surface area contributed by atoms with E-state index in [1.54, 1.807) is 12.1 Å². The van der Waals surface area contributed by atoms with E-state index in [0.717, 1.165) is 39.6 Å². The monoisotopic (exact) mass is 511 g/mol. The molecular formula is C28H25N5O3S. The second-order valence-electron chi connectivity index (χ2n) is 10.3. The summed E-state index contributed by atoms with van der Waals surface area (Å²) in [4.78, 5) is 29.1. The molecule has 186 valence electrons. The lowest BCUT2D eigenvalue weighted by atomic mass is 9.73. The summed E-state index contributed by atoms with van der Waals surface area (Å²) in [5.41, 5.74) is 3.42. The fraction of sp³-hybridized carbons (Fsp3) is 0.250. The number of hydrogen-bond donors (Lipinski definition) is 1. The van der Waals surface area contributed by atoms with Crippen LogP contribution in [0.5, 0.6) is 0 Å². The summed E-state index contributed by atoms with van der Waals surface area (Å²) in [6.45, 7) is 4.23. The van der Waals surface area contributed by atoms with Gasteiger partial charge in [-0.15, -0.1) is 5.10 Å². The Kier molecular flexibility index (Phi) is 5.60. The topological polar surface area (TPSA) is 103 Å². The second-order valence-corrected chi connectivity index (χ2v) is 11.2. The first-order chi connectivity index (χ1) is 17.8. The Bertz CT molecular complexity index is 1600. The summed E-state index contributed by atoms with van der Waals surface area (Å²) in [6.07, 6.45) is 1.23. The van der Waals surface area contributed by atoms with Crippen molar-refractivity contribution >= 4 is 40.0 Å². The maximum Gasteiger partial charge on any atom is 0.269 e. The highest BCUT2D eigenvalue weighted by Crippen LogP contribution is 2.46. The highest BCUT2D eigenvalue weighted by Gasteiger charge is 2.42. The van der Waals surface area contributed by atoms with Crippen molar-refractivity contribution in [3.8, 4) is 0 Å². The van der Waals surface area contributed by atoms with Crippen LogP contribution in [-0.2, 0) is 10.5 Å².